The molecular weight excluding hydrogens is 270 g/mol. The first kappa shape index (κ1) is 14.5. The molecule has 0 radical (unpaired) electrons. The number of methoxy groups -OCH3 is 1. The van der Waals surface area contributed by atoms with Crippen molar-refractivity contribution in [3.05, 3.63) is 53.2 Å². The molecule has 1 heterocycles. The van der Waals surface area contributed by atoms with E-state index in [-0.39, 0.29) is 5.91 Å². The van der Waals surface area contributed by atoms with E-state index in [0.29, 0.717) is 22.6 Å². The van der Waals surface area contributed by atoms with E-state index in [1.165, 1.54) is 25.4 Å². The van der Waals surface area contributed by atoms with Crippen LogP contribution in [0.3, 0.4) is 0 Å². The third kappa shape index (κ3) is 3.36. The zero-order chi connectivity index (χ0) is 15.4. The molecule has 0 fully saturated rings. The van der Waals surface area contributed by atoms with Gasteiger partial charge in [0.1, 0.15) is 5.82 Å². The van der Waals surface area contributed by atoms with Crippen LogP contribution in [0.2, 0.25) is 0 Å². The SMILES string of the molecule is COC(=O)c1ccc(C(=O)Nc2ncc(N)cc2C)cc1. The Bertz CT molecular complexity index is 681. The number of pyridine rings is 1. The molecule has 2 aromatic rings. The number of aromatic nitrogens is 1. The summed E-state index contributed by atoms with van der Waals surface area (Å²) in [6, 6.07) is 7.89. The maximum atomic E-state index is 12.1. The standard InChI is InChI=1S/C15H15N3O3/c1-9-7-12(16)8-17-13(9)18-14(19)10-3-5-11(6-4-10)15(20)21-2/h3-8H,16H2,1-2H3,(H,17,18,19). The lowest BCUT2D eigenvalue weighted by Gasteiger charge is -2.08. The monoisotopic (exact) mass is 285 g/mol. The van der Waals surface area contributed by atoms with Crippen LogP contribution in [-0.2, 0) is 4.74 Å². The van der Waals surface area contributed by atoms with Gasteiger partial charge in [0.25, 0.3) is 5.91 Å². The molecule has 21 heavy (non-hydrogen) atoms. The van der Waals surface area contributed by atoms with E-state index in [4.69, 9.17) is 5.73 Å². The van der Waals surface area contributed by atoms with Crippen LogP contribution >= 0.6 is 0 Å². The van der Waals surface area contributed by atoms with E-state index < -0.39 is 5.97 Å². The van der Waals surface area contributed by atoms with Gasteiger partial charge in [-0.1, -0.05) is 0 Å². The van der Waals surface area contributed by atoms with Crippen molar-refractivity contribution in [1.82, 2.24) is 4.98 Å². The molecule has 0 atom stereocenters. The number of carbonyl (C=O) groups is 2. The molecule has 0 saturated heterocycles. The first-order chi connectivity index (χ1) is 10.0. The second-order valence-corrected chi connectivity index (χ2v) is 4.46. The number of esters is 1. The number of nitrogen functional groups attached to an aromatic ring is 1. The number of ether oxygens (including phenoxy) is 1. The summed E-state index contributed by atoms with van der Waals surface area (Å²) in [5.41, 5.74) is 7.72. The van der Waals surface area contributed by atoms with E-state index in [9.17, 15) is 9.59 Å². The highest BCUT2D eigenvalue weighted by Gasteiger charge is 2.11. The van der Waals surface area contributed by atoms with Gasteiger partial charge >= 0.3 is 5.97 Å². The number of benzene rings is 1. The van der Waals surface area contributed by atoms with Gasteiger partial charge in [0, 0.05) is 5.56 Å². The second kappa shape index (κ2) is 6.04. The van der Waals surface area contributed by atoms with E-state index in [1.54, 1.807) is 25.1 Å². The van der Waals surface area contributed by atoms with Crippen molar-refractivity contribution in [3.8, 4) is 0 Å². The Morgan fingerprint density at radius 3 is 2.38 bits per heavy atom. The number of anilines is 2. The van der Waals surface area contributed by atoms with E-state index >= 15 is 0 Å². The van der Waals surface area contributed by atoms with Gasteiger partial charge in [0.05, 0.1) is 24.6 Å². The molecule has 0 unspecified atom stereocenters. The van der Waals surface area contributed by atoms with Crippen LogP contribution in [0.25, 0.3) is 0 Å². The van der Waals surface area contributed by atoms with Crippen LogP contribution in [0.5, 0.6) is 0 Å². The minimum absolute atomic E-state index is 0.313. The molecule has 2 rings (SSSR count). The number of carbonyl (C=O) groups excluding carboxylic acids is 2. The zero-order valence-electron chi connectivity index (χ0n) is 11.7. The van der Waals surface area contributed by atoms with Crippen molar-refractivity contribution < 1.29 is 14.3 Å². The lowest BCUT2D eigenvalue weighted by molar-refractivity contribution is 0.0600. The number of nitrogens with one attached hydrogen (secondary N) is 1. The minimum atomic E-state index is -0.446. The van der Waals surface area contributed by atoms with Gasteiger partial charge < -0.3 is 15.8 Å². The van der Waals surface area contributed by atoms with Gasteiger partial charge in [-0.3, -0.25) is 4.79 Å². The molecular formula is C15H15N3O3. The fourth-order valence-electron chi connectivity index (χ4n) is 1.78. The van der Waals surface area contributed by atoms with Crippen LogP contribution in [0.1, 0.15) is 26.3 Å². The maximum Gasteiger partial charge on any atom is 0.337 e. The third-order valence-electron chi connectivity index (χ3n) is 2.90. The number of hydrogen-bond donors (Lipinski definition) is 2. The summed E-state index contributed by atoms with van der Waals surface area (Å²) in [4.78, 5) is 27.5. The Hall–Kier alpha value is -2.89. The average Bonchev–Trinajstić information content (AvgIpc) is 2.49. The predicted molar refractivity (Wildman–Crippen MR) is 79.1 cm³/mol. The zero-order valence-corrected chi connectivity index (χ0v) is 11.7. The summed E-state index contributed by atoms with van der Waals surface area (Å²) in [6.07, 6.45) is 1.48. The topological polar surface area (TPSA) is 94.3 Å². The molecule has 6 nitrogen and oxygen atoms in total. The van der Waals surface area contributed by atoms with Crippen LogP contribution in [0, 0.1) is 6.92 Å². The highest BCUT2D eigenvalue weighted by atomic mass is 16.5. The largest absolute Gasteiger partial charge is 0.465 e. The van der Waals surface area contributed by atoms with Gasteiger partial charge in [-0.05, 0) is 42.8 Å². The highest BCUT2D eigenvalue weighted by Crippen LogP contribution is 2.15. The molecule has 0 saturated carbocycles. The Kier molecular flexibility index (Phi) is 4.18. The summed E-state index contributed by atoms with van der Waals surface area (Å²) in [6.45, 7) is 1.80. The van der Waals surface area contributed by atoms with Crippen LogP contribution in [-0.4, -0.2) is 24.0 Å². The summed E-state index contributed by atoms with van der Waals surface area (Å²) in [5, 5.41) is 2.69. The molecule has 1 aromatic carbocycles. The van der Waals surface area contributed by atoms with Crippen LogP contribution < -0.4 is 11.1 Å². The van der Waals surface area contributed by atoms with Gasteiger partial charge in [-0.2, -0.15) is 0 Å². The van der Waals surface area contributed by atoms with Crippen molar-refractivity contribution in [1.29, 1.82) is 0 Å². The van der Waals surface area contributed by atoms with Crippen molar-refractivity contribution >= 4 is 23.4 Å². The molecule has 6 heteroatoms. The summed E-state index contributed by atoms with van der Waals surface area (Å²) in [7, 11) is 1.30. The van der Waals surface area contributed by atoms with Crippen molar-refractivity contribution in [3.63, 3.8) is 0 Å². The predicted octanol–water partition coefficient (Wildman–Crippen LogP) is 2.01. The Labute approximate surface area is 121 Å². The van der Waals surface area contributed by atoms with Gasteiger partial charge in [-0.15, -0.1) is 0 Å². The molecule has 1 amide bonds. The van der Waals surface area contributed by atoms with Crippen molar-refractivity contribution in [2.45, 2.75) is 6.92 Å². The number of amides is 1. The molecule has 0 aliphatic heterocycles. The summed E-state index contributed by atoms with van der Waals surface area (Å²) >= 11 is 0. The van der Waals surface area contributed by atoms with E-state index in [1.807, 2.05) is 0 Å². The Balaban J connectivity index is 2.15. The second-order valence-electron chi connectivity index (χ2n) is 4.46. The molecule has 0 aliphatic rings. The minimum Gasteiger partial charge on any atom is -0.465 e. The Morgan fingerprint density at radius 1 is 1.19 bits per heavy atom. The lowest BCUT2D eigenvalue weighted by Crippen LogP contribution is -2.14. The van der Waals surface area contributed by atoms with Gasteiger partial charge in [0.2, 0.25) is 0 Å². The fourth-order valence-corrected chi connectivity index (χ4v) is 1.78. The lowest BCUT2D eigenvalue weighted by atomic mass is 10.1. The quantitative estimate of drug-likeness (QED) is 0.841. The highest BCUT2D eigenvalue weighted by molar-refractivity contribution is 6.04. The molecule has 0 spiro atoms. The fraction of sp³-hybridized carbons (Fsp3) is 0.133. The normalized spacial score (nSPS) is 10.0. The first-order valence-electron chi connectivity index (χ1n) is 6.23. The van der Waals surface area contributed by atoms with Crippen LogP contribution in [0.4, 0.5) is 11.5 Å². The van der Waals surface area contributed by atoms with Crippen molar-refractivity contribution in [2.24, 2.45) is 0 Å². The van der Waals surface area contributed by atoms with Gasteiger partial charge in [0.15, 0.2) is 0 Å². The van der Waals surface area contributed by atoms with E-state index in [0.717, 1.165) is 5.56 Å². The van der Waals surface area contributed by atoms with Crippen LogP contribution in [0.15, 0.2) is 36.5 Å². The molecule has 3 N–H and O–H groups in total. The van der Waals surface area contributed by atoms with Crippen molar-refractivity contribution in [2.75, 3.05) is 18.2 Å². The average molecular weight is 285 g/mol. The third-order valence-corrected chi connectivity index (χ3v) is 2.90. The molecule has 0 bridgehead atoms. The number of nitrogens with two attached hydrogens (primary N) is 1. The number of rotatable bonds is 3. The van der Waals surface area contributed by atoms with E-state index in [2.05, 4.69) is 15.0 Å². The molecule has 108 valence electrons. The van der Waals surface area contributed by atoms with Gasteiger partial charge in [-0.25, -0.2) is 9.78 Å². The summed E-state index contributed by atoms with van der Waals surface area (Å²) < 4.78 is 4.60. The Morgan fingerprint density at radius 2 is 1.81 bits per heavy atom. The number of aryl methyl sites for hydroxylation is 1. The number of nitrogens with zero attached hydrogens (tertiary/aromatic N) is 1. The molecule has 0 aliphatic carbocycles. The first-order valence-corrected chi connectivity index (χ1v) is 6.23. The maximum absolute atomic E-state index is 12.1. The summed E-state index contributed by atoms with van der Waals surface area (Å²) in [5.74, 6) is -0.309. The number of hydrogen-bond acceptors (Lipinski definition) is 5. The smallest absolute Gasteiger partial charge is 0.337 e. The molecule has 1 aromatic heterocycles.